The van der Waals surface area contributed by atoms with Gasteiger partial charge in [0.15, 0.2) is 0 Å². The summed E-state index contributed by atoms with van der Waals surface area (Å²) >= 11 is 0. The van der Waals surface area contributed by atoms with E-state index in [0.717, 1.165) is 19.1 Å². The van der Waals surface area contributed by atoms with Gasteiger partial charge in [-0.1, -0.05) is 6.42 Å². The van der Waals surface area contributed by atoms with Gasteiger partial charge in [-0.15, -0.1) is 0 Å². The molecule has 0 amide bonds. The smallest absolute Gasteiger partial charge is 0.225 e. The number of nitrogens with zero attached hydrogens (tertiary/aromatic N) is 3. The fourth-order valence-electron chi connectivity index (χ4n) is 2.55. The predicted octanol–water partition coefficient (Wildman–Crippen LogP) is 0.908. The third-order valence-corrected chi connectivity index (χ3v) is 3.99. The zero-order chi connectivity index (χ0) is 12.4. The number of nitrogens with two attached hydrogens (primary N) is 1. The van der Waals surface area contributed by atoms with E-state index in [0.29, 0.717) is 19.1 Å². The molecule has 1 unspecified atom stereocenters. The standard InChI is InChI=1S/C13H20N4O/c14-6-12-9-18-5-4-17(12)13-15-7-11(8-16-13)10-2-1-3-10/h7-8,10,12H,1-6,9,14H2. The van der Waals surface area contributed by atoms with E-state index in [-0.39, 0.29) is 6.04 Å². The first-order valence-corrected chi connectivity index (χ1v) is 6.75. The Bertz CT molecular complexity index is 390. The minimum atomic E-state index is 0.202. The van der Waals surface area contributed by atoms with Crippen LogP contribution in [-0.2, 0) is 4.74 Å². The second-order valence-electron chi connectivity index (χ2n) is 5.10. The van der Waals surface area contributed by atoms with E-state index in [2.05, 4.69) is 14.9 Å². The molecule has 1 saturated carbocycles. The number of anilines is 1. The highest BCUT2D eigenvalue weighted by atomic mass is 16.5. The van der Waals surface area contributed by atoms with Crippen LogP contribution in [0, 0.1) is 0 Å². The number of hydrogen-bond acceptors (Lipinski definition) is 5. The van der Waals surface area contributed by atoms with E-state index >= 15 is 0 Å². The molecule has 1 saturated heterocycles. The second-order valence-corrected chi connectivity index (χ2v) is 5.10. The van der Waals surface area contributed by atoms with Crippen molar-refractivity contribution < 1.29 is 4.74 Å². The van der Waals surface area contributed by atoms with E-state index in [9.17, 15) is 0 Å². The third-order valence-electron chi connectivity index (χ3n) is 3.99. The van der Waals surface area contributed by atoms with Gasteiger partial charge in [-0.3, -0.25) is 0 Å². The fraction of sp³-hybridized carbons (Fsp3) is 0.692. The zero-order valence-corrected chi connectivity index (χ0v) is 10.6. The summed E-state index contributed by atoms with van der Waals surface area (Å²) in [6.45, 7) is 2.80. The van der Waals surface area contributed by atoms with E-state index in [1.807, 2.05) is 12.4 Å². The van der Waals surface area contributed by atoms with Crippen LogP contribution in [0.2, 0.25) is 0 Å². The molecule has 1 atom stereocenters. The fourth-order valence-corrected chi connectivity index (χ4v) is 2.55. The van der Waals surface area contributed by atoms with Crippen molar-refractivity contribution in [3.63, 3.8) is 0 Å². The van der Waals surface area contributed by atoms with Crippen molar-refractivity contribution in [1.29, 1.82) is 0 Å². The molecule has 3 rings (SSSR count). The Morgan fingerprint density at radius 2 is 2.11 bits per heavy atom. The van der Waals surface area contributed by atoms with Crippen LogP contribution in [0.4, 0.5) is 5.95 Å². The summed E-state index contributed by atoms with van der Waals surface area (Å²) in [6, 6.07) is 0.202. The van der Waals surface area contributed by atoms with Gasteiger partial charge < -0.3 is 15.4 Å². The maximum absolute atomic E-state index is 5.76. The van der Waals surface area contributed by atoms with Gasteiger partial charge >= 0.3 is 0 Å². The van der Waals surface area contributed by atoms with E-state index in [1.165, 1.54) is 24.8 Å². The molecule has 2 fully saturated rings. The summed E-state index contributed by atoms with van der Waals surface area (Å²) < 4.78 is 5.44. The van der Waals surface area contributed by atoms with E-state index < -0.39 is 0 Å². The maximum Gasteiger partial charge on any atom is 0.225 e. The molecule has 0 bridgehead atoms. The monoisotopic (exact) mass is 248 g/mol. The molecular formula is C13H20N4O. The second kappa shape index (κ2) is 5.20. The van der Waals surface area contributed by atoms with Gasteiger partial charge in [-0.2, -0.15) is 0 Å². The SMILES string of the molecule is NCC1COCCN1c1ncc(C2CCC2)cn1. The van der Waals surface area contributed by atoms with Gasteiger partial charge in [-0.05, 0) is 24.3 Å². The Balaban J connectivity index is 1.74. The van der Waals surface area contributed by atoms with Gasteiger partial charge in [-0.25, -0.2) is 9.97 Å². The van der Waals surface area contributed by atoms with Crippen molar-refractivity contribution in [3.8, 4) is 0 Å². The predicted molar refractivity (Wildman–Crippen MR) is 69.6 cm³/mol. The maximum atomic E-state index is 5.76. The molecule has 2 aliphatic rings. The first-order chi connectivity index (χ1) is 8.88. The number of morpholine rings is 1. The van der Waals surface area contributed by atoms with Crippen LogP contribution < -0.4 is 10.6 Å². The molecule has 18 heavy (non-hydrogen) atoms. The summed E-state index contributed by atoms with van der Waals surface area (Å²) in [6.07, 6.45) is 7.87. The van der Waals surface area contributed by atoms with Crippen molar-refractivity contribution >= 4 is 5.95 Å². The molecule has 1 aliphatic carbocycles. The van der Waals surface area contributed by atoms with Crippen molar-refractivity contribution in [1.82, 2.24) is 9.97 Å². The Morgan fingerprint density at radius 1 is 1.33 bits per heavy atom. The van der Waals surface area contributed by atoms with Crippen LogP contribution in [0.5, 0.6) is 0 Å². The van der Waals surface area contributed by atoms with Crippen molar-refractivity contribution in [2.24, 2.45) is 5.73 Å². The lowest BCUT2D eigenvalue weighted by Gasteiger charge is -2.35. The summed E-state index contributed by atoms with van der Waals surface area (Å²) in [4.78, 5) is 11.2. The minimum Gasteiger partial charge on any atom is -0.377 e. The average molecular weight is 248 g/mol. The van der Waals surface area contributed by atoms with Crippen molar-refractivity contribution in [3.05, 3.63) is 18.0 Å². The van der Waals surface area contributed by atoms with Gasteiger partial charge in [0.1, 0.15) is 0 Å². The Labute approximate surface area is 107 Å². The summed E-state index contributed by atoms with van der Waals surface area (Å²) in [7, 11) is 0. The number of hydrogen-bond donors (Lipinski definition) is 1. The zero-order valence-electron chi connectivity index (χ0n) is 10.6. The van der Waals surface area contributed by atoms with Crippen LogP contribution in [0.1, 0.15) is 30.7 Å². The summed E-state index contributed by atoms with van der Waals surface area (Å²) in [5, 5.41) is 0. The van der Waals surface area contributed by atoms with Crippen molar-refractivity contribution in [2.75, 3.05) is 31.2 Å². The Morgan fingerprint density at radius 3 is 2.72 bits per heavy atom. The molecule has 1 aliphatic heterocycles. The van der Waals surface area contributed by atoms with Gasteiger partial charge in [0.25, 0.3) is 0 Å². The highest BCUT2D eigenvalue weighted by Crippen LogP contribution is 2.35. The van der Waals surface area contributed by atoms with Crippen LogP contribution in [0.25, 0.3) is 0 Å². The summed E-state index contributed by atoms with van der Waals surface area (Å²) in [5.74, 6) is 1.48. The highest BCUT2D eigenvalue weighted by molar-refractivity contribution is 5.33. The number of aromatic nitrogens is 2. The normalized spacial score (nSPS) is 24.9. The molecule has 5 heteroatoms. The van der Waals surface area contributed by atoms with Crippen LogP contribution >= 0.6 is 0 Å². The lowest BCUT2D eigenvalue weighted by atomic mass is 9.81. The minimum absolute atomic E-state index is 0.202. The molecule has 1 aromatic rings. The molecule has 0 spiro atoms. The molecule has 2 heterocycles. The van der Waals surface area contributed by atoms with Gasteiger partial charge in [0.2, 0.25) is 5.95 Å². The molecule has 2 N–H and O–H groups in total. The molecular weight excluding hydrogens is 228 g/mol. The first kappa shape index (κ1) is 11.9. The van der Waals surface area contributed by atoms with Crippen molar-refractivity contribution in [2.45, 2.75) is 31.2 Å². The Hall–Kier alpha value is -1.20. The largest absolute Gasteiger partial charge is 0.377 e. The number of rotatable bonds is 3. The summed E-state index contributed by atoms with van der Waals surface area (Å²) in [5.41, 5.74) is 7.04. The molecule has 98 valence electrons. The molecule has 0 aromatic carbocycles. The first-order valence-electron chi connectivity index (χ1n) is 6.75. The Kier molecular flexibility index (Phi) is 3.43. The van der Waals surface area contributed by atoms with E-state index in [1.54, 1.807) is 0 Å². The van der Waals surface area contributed by atoms with E-state index in [4.69, 9.17) is 10.5 Å². The quantitative estimate of drug-likeness (QED) is 0.861. The highest BCUT2D eigenvalue weighted by Gasteiger charge is 2.25. The number of ether oxygens (including phenoxy) is 1. The third kappa shape index (κ3) is 2.20. The lowest BCUT2D eigenvalue weighted by molar-refractivity contribution is 0.0954. The van der Waals surface area contributed by atoms with Crippen LogP contribution in [0.15, 0.2) is 12.4 Å². The van der Waals surface area contributed by atoms with Gasteiger partial charge in [0, 0.05) is 25.5 Å². The topological polar surface area (TPSA) is 64.3 Å². The lowest BCUT2D eigenvalue weighted by Crippen LogP contribution is -2.50. The van der Waals surface area contributed by atoms with Gasteiger partial charge in [0.05, 0.1) is 19.3 Å². The van der Waals surface area contributed by atoms with Crippen LogP contribution in [-0.4, -0.2) is 42.3 Å². The van der Waals surface area contributed by atoms with Crippen LogP contribution in [0.3, 0.4) is 0 Å². The molecule has 5 nitrogen and oxygen atoms in total. The average Bonchev–Trinajstić information content (AvgIpc) is 2.38. The molecule has 1 aromatic heterocycles. The molecule has 0 radical (unpaired) electrons.